The molecule has 2 aromatic rings. The van der Waals surface area contributed by atoms with Crippen molar-refractivity contribution >= 4 is 35.7 Å². The van der Waals surface area contributed by atoms with E-state index in [0.717, 1.165) is 4.46 Å². The molecule has 0 N–H and O–H groups in total. The molecule has 0 aromatic heterocycles. The third kappa shape index (κ3) is 2.73. The first kappa shape index (κ1) is 11.4. The predicted octanol–water partition coefficient (Wildman–Crippen LogP) is 2.51. The Hall–Kier alpha value is -1.08. The maximum absolute atomic E-state index is 12.0. The maximum atomic E-state index is 12.0. The molecule has 0 heterocycles. The molecule has 80 valence electrons. The molecule has 3 heteroatoms. The van der Waals surface area contributed by atoms with Gasteiger partial charge in [-0.05, 0) is 0 Å². The monoisotopic (exact) mass is 296 g/mol. The van der Waals surface area contributed by atoms with Crippen LogP contribution in [0.3, 0.4) is 0 Å². The number of carbonyl (C=O) groups is 1. The number of hydrogen-bond donors (Lipinski definition) is 0. The number of halogens is 1. The molecular formula is C13H9ClOSe. The zero-order valence-electron chi connectivity index (χ0n) is 8.39. The van der Waals surface area contributed by atoms with Crippen molar-refractivity contribution in [3.63, 3.8) is 0 Å². The molecule has 16 heavy (non-hydrogen) atoms. The van der Waals surface area contributed by atoms with Gasteiger partial charge < -0.3 is 0 Å². The summed E-state index contributed by atoms with van der Waals surface area (Å²) in [6.45, 7) is 0. The van der Waals surface area contributed by atoms with Crippen LogP contribution in [0.25, 0.3) is 0 Å². The van der Waals surface area contributed by atoms with Crippen molar-refractivity contribution < 1.29 is 4.79 Å². The summed E-state index contributed by atoms with van der Waals surface area (Å²) >= 11 is 5.77. The number of benzene rings is 2. The van der Waals surface area contributed by atoms with Crippen molar-refractivity contribution in [2.45, 2.75) is 0 Å². The SMILES string of the molecule is O=C([Se]c1ccccc1)c1ccccc1Cl. The zero-order valence-corrected chi connectivity index (χ0v) is 10.9. The molecule has 0 aliphatic carbocycles. The first-order valence-electron chi connectivity index (χ1n) is 4.79. The van der Waals surface area contributed by atoms with E-state index in [1.165, 1.54) is 0 Å². The Bertz CT molecular complexity index is 496. The molecule has 0 aliphatic heterocycles. The van der Waals surface area contributed by atoms with E-state index >= 15 is 0 Å². The van der Waals surface area contributed by atoms with E-state index in [0.29, 0.717) is 10.6 Å². The van der Waals surface area contributed by atoms with E-state index in [9.17, 15) is 4.79 Å². The average Bonchev–Trinajstić information content (AvgIpc) is 2.31. The van der Waals surface area contributed by atoms with Gasteiger partial charge in [-0.15, -0.1) is 0 Å². The fourth-order valence-corrected chi connectivity index (χ4v) is 3.29. The molecule has 0 fully saturated rings. The molecule has 0 saturated carbocycles. The molecule has 0 amide bonds. The van der Waals surface area contributed by atoms with Gasteiger partial charge in [-0.3, -0.25) is 0 Å². The van der Waals surface area contributed by atoms with Crippen LogP contribution in [0.1, 0.15) is 10.4 Å². The first-order valence-corrected chi connectivity index (χ1v) is 6.88. The van der Waals surface area contributed by atoms with Gasteiger partial charge in [0.15, 0.2) is 0 Å². The topological polar surface area (TPSA) is 17.1 Å². The molecule has 0 bridgehead atoms. The van der Waals surface area contributed by atoms with Gasteiger partial charge in [0, 0.05) is 0 Å². The van der Waals surface area contributed by atoms with Gasteiger partial charge in [0.1, 0.15) is 0 Å². The molecule has 0 radical (unpaired) electrons. The van der Waals surface area contributed by atoms with Gasteiger partial charge in [-0.1, -0.05) is 0 Å². The molecular weight excluding hydrogens is 287 g/mol. The van der Waals surface area contributed by atoms with Crippen LogP contribution in [-0.4, -0.2) is 19.6 Å². The van der Waals surface area contributed by atoms with Gasteiger partial charge in [-0.25, -0.2) is 0 Å². The van der Waals surface area contributed by atoms with E-state index in [1.54, 1.807) is 12.1 Å². The van der Waals surface area contributed by atoms with Gasteiger partial charge in [0.05, 0.1) is 0 Å². The summed E-state index contributed by atoms with van der Waals surface area (Å²) in [7, 11) is 0. The summed E-state index contributed by atoms with van der Waals surface area (Å²) in [5, 5.41) is 0.533. The molecule has 0 atom stereocenters. The third-order valence-corrected chi connectivity index (χ3v) is 4.29. The molecule has 1 nitrogen and oxygen atoms in total. The van der Waals surface area contributed by atoms with Crippen LogP contribution in [0.2, 0.25) is 5.02 Å². The van der Waals surface area contributed by atoms with E-state index in [-0.39, 0.29) is 19.6 Å². The van der Waals surface area contributed by atoms with Crippen molar-refractivity contribution in [1.29, 1.82) is 0 Å². The standard InChI is InChI=1S/C13H9ClOSe/c14-12-9-5-4-8-11(12)13(15)16-10-6-2-1-3-7-10/h1-9H. The van der Waals surface area contributed by atoms with E-state index in [2.05, 4.69) is 0 Å². The Morgan fingerprint density at radius 1 is 0.938 bits per heavy atom. The number of rotatable bonds is 3. The van der Waals surface area contributed by atoms with Gasteiger partial charge in [0.25, 0.3) is 0 Å². The summed E-state index contributed by atoms with van der Waals surface area (Å²) in [5.41, 5.74) is 0.619. The Balaban J connectivity index is 2.19. The second kappa shape index (κ2) is 5.31. The van der Waals surface area contributed by atoms with Crippen molar-refractivity contribution in [3.8, 4) is 0 Å². The van der Waals surface area contributed by atoms with Gasteiger partial charge in [-0.2, -0.15) is 0 Å². The molecule has 0 aliphatic rings. The summed E-state index contributed by atoms with van der Waals surface area (Å²) < 4.78 is 1.18. The van der Waals surface area contributed by atoms with Crippen LogP contribution >= 0.6 is 11.6 Å². The van der Waals surface area contributed by atoms with Gasteiger partial charge in [0.2, 0.25) is 0 Å². The fraction of sp³-hybridized carbons (Fsp3) is 0. The molecule has 2 rings (SSSR count). The van der Waals surface area contributed by atoms with Crippen LogP contribution in [0.4, 0.5) is 0 Å². The average molecular weight is 296 g/mol. The molecule has 0 saturated heterocycles. The Morgan fingerprint density at radius 2 is 1.56 bits per heavy atom. The van der Waals surface area contributed by atoms with Crippen LogP contribution in [-0.2, 0) is 0 Å². The number of hydrogen-bond acceptors (Lipinski definition) is 1. The summed E-state index contributed by atoms with van der Waals surface area (Å²) in [5.74, 6) is 0. The quantitative estimate of drug-likeness (QED) is 0.795. The minimum absolute atomic E-state index is 0.115. The van der Waals surface area contributed by atoms with Gasteiger partial charge >= 0.3 is 106 Å². The summed E-state index contributed by atoms with van der Waals surface area (Å²) in [6, 6.07) is 16.9. The first-order chi connectivity index (χ1) is 7.77. The molecule has 2 aromatic carbocycles. The van der Waals surface area contributed by atoms with Crippen molar-refractivity contribution in [2.75, 3.05) is 0 Å². The van der Waals surface area contributed by atoms with Crippen LogP contribution in [0, 0.1) is 0 Å². The van der Waals surface area contributed by atoms with E-state index in [4.69, 9.17) is 11.6 Å². The Morgan fingerprint density at radius 3 is 2.25 bits per heavy atom. The summed E-state index contributed by atoms with van der Waals surface area (Å²) in [6.07, 6.45) is 0. The predicted molar refractivity (Wildman–Crippen MR) is 67.6 cm³/mol. The second-order valence-corrected chi connectivity index (χ2v) is 5.78. The van der Waals surface area contributed by atoms with Crippen molar-refractivity contribution in [3.05, 3.63) is 65.2 Å². The third-order valence-electron chi connectivity index (χ3n) is 2.05. The zero-order chi connectivity index (χ0) is 11.4. The second-order valence-electron chi connectivity index (χ2n) is 3.18. The normalized spacial score (nSPS) is 10.1. The molecule has 0 unspecified atom stereocenters. The van der Waals surface area contributed by atoms with E-state index < -0.39 is 0 Å². The van der Waals surface area contributed by atoms with Crippen LogP contribution < -0.4 is 4.46 Å². The number of carbonyl (C=O) groups excluding carboxylic acids is 1. The van der Waals surface area contributed by atoms with Crippen LogP contribution in [0.15, 0.2) is 54.6 Å². The fourth-order valence-electron chi connectivity index (χ4n) is 1.28. The summed E-state index contributed by atoms with van der Waals surface area (Å²) in [4.78, 5) is 12.0. The molecule has 0 spiro atoms. The Labute approximate surface area is 106 Å². The Kier molecular flexibility index (Phi) is 3.78. The van der Waals surface area contributed by atoms with Crippen LogP contribution in [0.5, 0.6) is 0 Å². The van der Waals surface area contributed by atoms with E-state index in [1.807, 2.05) is 42.5 Å². The van der Waals surface area contributed by atoms with Crippen molar-refractivity contribution in [2.24, 2.45) is 0 Å². The minimum atomic E-state index is -0.202. The van der Waals surface area contributed by atoms with Crippen molar-refractivity contribution in [1.82, 2.24) is 0 Å².